The van der Waals surface area contributed by atoms with Gasteiger partial charge in [0.05, 0.1) is 13.2 Å². The summed E-state index contributed by atoms with van der Waals surface area (Å²) in [6, 6.07) is 0. The highest BCUT2D eigenvalue weighted by Crippen LogP contribution is 2.47. The molecule has 1 aliphatic carbocycles. The summed E-state index contributed by atoms with van der Waals surface area (Å²) in [5.74, 6) is -0.522. The molecule has 13 heteroatoms. The van der Waals surface area contributed by atoms with Gasteiger partial charge in [0.25, 0.3) is 0 Å². The molecule has 0 bridgehead atoms. The standard InChI is InChI=1S/C47H77O12P/c1-3-5-7-9-11-13-15-17-19-20-21-22-23-24-26-28-30-32-34-36-41(48)58-40(38-56-37-35-33-31-29-27-25-18-16-14-12-10-8-6-4-2)39-57-60(54,55)59-47-45(52)43(50)42(49)44(51)46(47)53/h5-8,11-14,17-19,21-22,24-26,40,42-47,49-53H,3-4,9-10,15-16,20,23,27-39H2,1-2H3,(H,54,55)/b7-5-,8-6-,13-11-,14-12-,19-17-,22-21-,25-18-,26-24-. The molecule has 0 aliphatic heterocycles. The number of carbonyl (C=O) groups excluding carboxylic acids is 1. The molecule has 12 nitrogen and oxygen atoms in total. The fourth-order valence-electron chi connectivity index (χ4n) is 5.98. The topological polar surface area (TPSA) is 192 Å². The number of unbranched alkanes of at least 4 members (excludes halogenated alkanes) is 7. The lowest BCUT2D eigenvalue weighted by Crippen LogP contribution is -2.64. The van der Waals surface area contributed by atoms with E-state index in [0.717, 1.165) is 103 Å². The molecule has 0 saturated heterocycles. The number of ether oxygens (including phenoxy) is 2. The first-order chi connectivity index (χ1) is 29.0. The van der Waals surface area contributed by atoms with Crippen LogP contribution >= 0.6 is 7.82 Å². The normalized spacial score (nSPS) is 23.3. The average Bonchev–Trinajstić information content (AvgIpc) is 3.23. The van der Waals surface area contributed by atoms with Gasteiger partial charge in [0, 0.05) is 13.0 Å². The lowest BCUT2D eigenvalue weighted by Gasteiger charge is -2.41. The molecule has 0 aromatic carbocycles. The third-order valence-corrected chi connectivity index (χ3v) is 10.4. The van der Waals surface area contributed by atoms with Gasteiger partial charge in [0.1, 0.15) is 42.7 Å². The van der Waals surface area contributed by atoms with E-state index in [1.807, 2.05) is 0 Å². The number of esters is 1. The zero-order valence-corrected chi connectivity index (χ0v) is 37.1. The molecule has 1 saturated carbocycles. The zero-order valence-electron chi connectivity index (χ0n) is 36.2. The largest absolute Gasteiger partial charge is 0.472 e. The van der Waals surface area contributed by atoms with Crippen molar-refractivity contribution in [3.63, 3.8) is 0 Å². The molecule has 6 atom stereocenters. The highest BCUT2D eigenvalue weighted by atomic mass is 31.2. The Morgan fingerprint density at radius 2 is 0.933 bits per heavy atom. The zero-order chi connectivity index (χ0) is 44.1. The molecule has 0 amide bonds. The van der Waals surface area contributed by atoms with E-state index in [1.54, 1.807) is 0 Å². The highest BCUT2D eigenvalue weighted by Gasteiger charge is 2.51. The maximum atomic E-state index is 12.8. The number of hydrogen-bond acceptors (Lipinski definition) is 11. The van der Waals surface area contributed by atoms with E-state index >= 15 is 0 Å². The number of phosphoric ester groups is 1. The maximum Gasteiger partial charge on any atom is 0.472 e. The van der Waals surface area contributed by atoms with E-state index in [2.05, 4.69) is 111 Å². The molecule has 6 unspecified atom stereocenters. The van der Waals surface area contributed by atoms with Gasteiger partial charge in [0.15, 0.2) is 0 Å². The Kier molecular flexibility index (Phi) is 34.0. The van der Waals surface area contributed by atoms with Crippen molar-refractivity contribution in [2.75, 3.05) is 19.8 Å². The number of rotatable bonds is 35. The molecule has 342 valence electrons. The second-order valence-corrected chi connectivity index (χ2v) is 16.2. The minimum Gasteiger partial charge on any atom is -0.457 e. The third-order valence-electron chi connectivity index (χ3n) is 9.45. The molecular weight excluding hydrogens is 787 g/mol. The predicted molar refractivity (Wildman–Crippen MR) is 239 cm³/mol. The summed E-state index contributed by atoms with van der Waals surface area (Å²) in [6.45, 7) is 3.91. The van der Waals surface area contributed by atoms with Crippen LogP contribution in [0.3, 0.4) is 0 Å². The molecule has 1 aliphatic rings. The van der Waals surface area contributed by atoms with Crippen LogP contribution < -0.4 is 0 Å². The predicted octanol–water partition coefficient (Wildman–Crippen LogP) is 8.75. The van der Waals surface area contributed by atoms with Crippen LogP contribution in [-0.2, 0) is 27.9 Å². The lowest BCUT2D eigenvalue weighted by molar-refractivity contribution is -0.220. The van der Waals surface area contributed by atoms with Gasteiger partial charge in [-0.2, -0.15) is 0 Å². The molecular formula is C47H77O12P. The van der Waals surface area contributed by atoms with Crippen LogP contribution in [0.15, 0.2) is 97.2 Å². The summed E-state index contributed by atoms with van der Waals surface area (Å²) < 4.78 is 34.1. The van der Waals surface area contributed by atoms with Gasteiger partial charge in [-0.25, -0.2) is 4.57 Å². The first-order valence-electron chi connectivity index (χ1n) is 22.1. The Morgan fingerprint density at radius 3 is 1.40 bits per heavy atom. The number of aliphatic hydroxyl groups is 5. The van der Waals surface area contributed by atoms with Crippen molar-refractivity contribution >= 4 is 13.8 Å². The van der Waals surface area contributed by atoms with E-state index in [4.69, 9.17) is 18.5 Å². The van der Waals surface area contributed by atoms with Gasteiger partial charge >= 0.3 is 13.8 Å². The van der Waals surface area contributed by atoms with Crippen LogP contribution in [0.1, 0.15) is 129 Å². The van der Waals surface area contributed by atoms with E-state index in [1.165, 1.54) is 0 Å². The number of allylic oxidation sites excluding steroid dienone is 16. The SMILES string of the molecule is CC/C=C\C/C=C\C/C=C\C/C=C\C/C=C\CCCCCC(=O)OC(COCCCCCC/C=C\C/C=C\C/C=C\CC)COP(=O)(O)OC1C(O)C(O)C(O)C(O)C1O. The summed E-state index contributed by atoms with van der Waals surface area (Å²) in [7, 11) is -5.04. The van der Waals surface area contributed by atoms with Gasteiger partial charge in [0.2, 0.25) is 0 Å². The molecule has 0 radical (unpaired) electrons. The molecule has 60 heavy (non-hydrogen) atoms. The van der Waals surface area contributed by atoms with Crippen molar-refractivity contribution in [2.45, 2.75) is 172 Å². The molecule has 0 spiro atoms. The lowest BCUT2D eigenvalue weighted by atomic mass is 9.85. The van der Waals surface area contributed by atoms with Crippen molar-refractivity contribution < 1.29 is 58.3 Å². The summed E-state index contributed by atoms with van der Waals surface area (Å²) in [6.07, 6.45) is 37.6. The van der Waals surface area contributed by atoms with E-state index < -0.39 is 63.1 Å². The van der Waals surface area contributed by atoms with Gasteiger partial charge in [-0.3, -0.25) is 13.8 Å². The molecule has 0 heterocycles. The first-order valence-corrected chi connectivity index (χ1v) is 23.6. The molecule has 0 aromatic heterocycles. The number of hydrogen-bond donors (Lipinski definition) is 6. The summed E-state index contributed by atoms with van der Waals surface area (Å²) in [4.78, 5) is 23.1. The van der Waals surface area contributed by atoms with Crippen LogP contribution in [0.25, 0.3) is 0 Å². The van der Waals surface area contributed by atoms with Crippen LogP contribution in [0.5, 0.6) is 0 Å². The van der Waals surface area contributed by atoms with E-state index in [9.17, 15) is 39.8 Å². The van der Waals surface area contributed by atoms with Gasteiger partial charge in [-0.05, 0) is 89.9 Å². The van der Waals surface area contributed by atoms with E-state index in [-0.39, 0.29) is 13.0 Å². The maximum absolute atomic E-state index is 12.8. The smallest absolute Gasteiger partial charge is 0.457 e. The molecule has 6 N–H and O–H groups in total. The van der Waals surface area contributed by atoms with Crippen LogP contribution in [0.2, 0.25) is 0 Å². The fraction of sp³-hybridized carbons (Fsp3) is 0.638. The fourth-order valence-corrected chi connectivity index (χ4v) is 6.95. The molecule has 1 fully saturated rings. The van der Waals surface area contributed by atoms with Crippen LogP contribution in [0.4, 0.5) is 0 Å². The minimum atomic E-state index is -5.04. The van der Waals surface area contributed by atoms with Crippen LogP contribution in [-0.4, -0.2) is 98.9 Å². The Bertz CT molecular complexity index is 1350. The minimum absolute atomic E-state index is 0.112. The number of aliphatic hydroxyl groups excluding tert-OH is 5. The summed E-state index contributed by atoms with van der Waals surface area (Å²) >= 11 is 0. The Labute approximate surface area is 360 Å². The summed E-state index contributed by atoms with van der Waals surface area (Å²) in [5.41, 5.74) is 0. The quantitative estimate of drug-likeness (QED) is 0.0154. The molecule has 0 aromatic rings. The van der Waals surface area contributed by atoms with Crippen molar-refractivity contribution in [2.24, 2.45) is 0 Å². The number of carbonyl (C=O) groups is 1. The van der Waals surface area contributed by atoms with Crippen molar-refractivity contribution in [3.8, 4) is 0 Å². The van der Waals surface area contributed by atoms with E-state index in [0.29, 0.717) is 13.0 Å². The number of phosphoric acid groups is 1. The van der Waals surface area contributed by atoms with Gasteiger partial charge in [-0.15, -0.1) is 0 Å². The Balaban J connectivity index is 2.47. The monoisotopic (exact) mass is 865 g/mol. The van der Waals surface area contributed by atoms with Gasteiger partial charge in [-0.1, -0.05) is 130 Å². The van der Waals surface area contributed by atoms with Crippen molar-refractivity contribution in [1.82, 2.24) is 0 Å². The molecule has 1 rings (SSSR count). The van der Waals surface area contributed by atoms with Crippen molar-refractivity contribution in [3.05, 3.63) is 97.2 Å². The van der Waals surface area contributed by atoms with Gasteiger partial charge < -0.3 is 39.9 Å². The van der Waals surface area contributed by atoms with Crippen LogP contribution in [0, 0.1) is 0 Å². The first kappa shape index (κ1) is 55.3. The Morgan fingerprint density at radius 1 is 0.533 bits per heavy atom. The highest BCUT2D eigenvalue weighted by molar-refractivity contribution is 7.47. The Hall–Kier alpha value is -2.74. The average molecular weight is 865 g/mol. The second kappa shape index (κ2) is 36.9. The third kappa shape index (κ3) is 28.7. The second-order valence-electron chi connectivity index (χ2n) is 14.8. The van der Waals surface area contributed by atoms with Crippen molar-refractivity contribution in [1.29, 1.82) is 0 Å². The summed E-state index contributed by atoms with van der Waals surface area (Å²) in [5, 5.41) is 50.1.